The average Bonchev–Trinajstić information content (AvgIpc) is 2.38. The quantitative estimate of drug-likeness (QED) is 0.771. The van der Waals surface area contributed by atoms with Gasteiger partial charge in [0.1, 0.15) is 9.84 Å². The SMILES string of the molecule is CS(=O)(=O)C1CCCC(C(=O)c2ncccn2)C1. The van der Waals surface area contributed by atoms with E-state index in [0.717, 1.165) is 12.8 Å². The van der Waals surface area contributed by atoms with Crippen LogP contribution in [0.25, 0.3) is 0 Å². The van der Waals surface area contributed by atoms with Gasteiger partial charge in [-0.2, -0.15) is 0 Å². The maximum absolute atomic E-state index is 12.2. The molecule has 0 radical (unpaired) electrons. The second kappa shape index (κ2) is 5.14. The molecular weight excluding hydrogens is 252 g/mol. The van der Waals surface area contributed by atoms with Crippen molar-refractivity contribution in [3.05, 3.63) is 24.3 Å². The van der Waals surface area contributed by atoms with Gasteiger partial charge < -0.3 is 0 Å². The highest BCUT2D eigenvalue weighted by Gasteiger charge is 2.33. The number of ketones is 1. The Bertz CT molecular complexity index is 528. The van der Waals surface area contributed by atoms with Crippen LogP contribution in [0.5, 0.6) is 0 Å². The number of rotatable bonds is 3. The van der Waals surface area contributed by atoms with Gasteiger partial charge in [-0.25, -0.2) is 18.4 Å². The average molecular weight is 268 g/mol. The van der Waals surface area contributed by atoms with Crippen LogP contribution in [-0.2, 0) is 9.84 Å². The number of carbonyl (C=O) groups excluding carboxylic acids is 1. The summed E-state index contributed by atoms with van der Waals surface area (Å²) in [7, 11) is -3.07. The molecule has 5 nitrogen and oxygen atoms in total. The van der Waals surface area contributed by atoms with Gasteiger partial charge in [0.15, 0.2) is 5.82 Å². The number of carbonyl (C=O) groups is 1. The number of hydrogen-bond acceptors (Lipinski definition) is 5. The van der Waals surface area contributed by atoms with Crippen molar-refractivity contribution in [2.24, 2.45) is 5.92 Å². The van der Waals surface area contributed by atoms with E-state index in [2.05, 4.69) is 9.97 Å². The van der Waals surface area contributed by atoms with Crippen LogP contribution in [0.2, 0.25) is 0 Å². The zero-order valence-electron chi connectivity index (χ0n) is 10.2. The number of hydrogen-bond donors (Lipinski definition) is 0. The Morgan fingerprint density at radius 3 is 2.56 bits per heavy atom. The van der Waals surface area contributed by atoms with Gasteiger partial charge in [0, 0.05) is 24.6 Å². The summed E-state index contributed by atoms with van der Waals surface area (Å²) in [5.41, 5.74) is 0. The van der Waals surface area contributed by atoms with E-state index >= 15 is 0 Å². The minimum absolute atomic E-state index is 0.135. The maximum atomic E-state index is 12.2. The van der Waals surface area contributed by atoms with Crippen molar-refractivity contribution in [1.82, 2.24) is 9.97 Å². The summed E-state index contributed by atoms with van der Waals surface area (Å²) in [6, 6.07) is 1.65. The Hall–Kier alpha value is -1.30. The molecule has 0 aromatic carbocycles. The second-order valence-corrected chi connectivity index (χ2v) is 7.08. The lowest BCUT2D eigenvalue weighted by Crippen LogP contribution is -2.31. The third-order valence-corrected chi connectivity index (χ3v) is 5.03. The fraction of sp³-hybridized carbons (Fsp3) is 0.583. The molecule has 1 aromatic rings. The van der Waals surface area contributed by atoms with Gasteiger partial charge in [-0.15, -0.1) is 0 Å². The maximum Gasteiger partial charge on any atom is 0.203 e. The fourth-order valence-electron chi connectivity index (χ4n) is 2.38. The van der Waals surface area contributed by atoms with Gasteiger partial charge >= 0.3 is 0 Å². The predicted molar refractivity (Wildman–Crippen MR) is 67.0 cm³/mol. The molecule has 0 saturated heterocycles. The molecule has 0 aliphatic heterocycles. The first-order valence-electron chi connectivity index (χ1n) is 5.98. The Morgan fingerprint density at radius 1 is 1.28 bits per heavy atom. The standard InChI is InChI=1S/C12H16N2O3S/c1-18(16,17)10-5-2-4-9(8-10)11(15)12-13-6-3-7-14-12/h3,6-7,9-10H,2,4-5,8H2,1H3. The van der Waals surface area contributed by atoms with E-state index < -0.39 is 15.1 Å². The lowest BCUT2D eigenvalue weighted by Gasteiger charge is -2.26. The summed E-state index contributed by atoms with van der Waals surface area (Å²) < 4.78 is 23.1. The molecular formula is C12H16N2O3S. The van der Waals surface area contributed by atoms with Crippen LogP contribution in [0.4, 0.5) is 0 Å². The van der Waals surface area contributed by atoms with Gasteiger partial charge in [0.2, 0.25) is 5.78 Å². The van der Waals surface area contributed by atoms with Crippen molar-refractivity contribution in [3.63, 3.8) is 0 Å². The van der Waals surface area contributed by atoms with Crippen molar-refractivity contribution < 1.29 is 13.2 Å². The fourth-order valence-corrected chi connectivity index (χ4v) is 3.56. The molecule has 2 unspecified atom stereocenters. The highest BCUT2D eigenvalue weighted by Crippen LogP contribution is 2.30. The first kappa shape index (κ1) is 13.1. The number of nitrogens with zero attached hydrogens (tertiary/aromatic N) is 2. The molecule has 1 aliphatic carbocycles. The number of aromatic nitrogens is 2. The normalized spacial score (nSPS) is 24.7. The third kappa shape index (κ3) is 2.93. The molecule has 0 bridgehead atoms. The minimum Gasteiger partial charge on any atom is -0.290 e. The van der Waals surface area contributed by atoms with Gasteiger partial charge in [0.05, 0.1) is 5.25 Å². The van der Waals surface area contributed by atoms with E-state index in [9.17, 15) is 13.2 Å². The molecule has 0 spiro atoms. The smallest absolute Gasteiger partial charge is 0.203 e. The van der Waals surface area contributed by atoms with Crippen LogP contribution in [0, 0.1) is 5.92 Å². The monoisotopic (exact) mass is 268 g/mol. The van der Waals surface area contributed by atoms with Crippen LogP contribution >= 0.6 is 0 Å². The predicted octanol–water partition coefficient (Wildman–Crippen LogP) is 1.26. The van der Waals surface area contributed by atoms with Crippen molar-refractivity contribution in [2.75, 3.05) is 6.26 Å². The summed E-state index contributed by atoms with van der Waals surface area (Å²) in [4.78, 5) is 20.0. The first-order chi connectivity index (χ1) is 8.48. The Labute approximate surface area is 107 Å². The van der Waals surface area contributed by atoms with Crippen molar-refractivity contribution in [1.29, 1.82) is 0 Å². The zero-order chi connectivity index (χ0) is 13.2. The molecule has 1 heterocycles. The summed E-state index contributed by atoms with van der Waals surface area (Å²) in [6.45, 7) is 0. The first-order valence-corrected chi connectivity index (χ1v) is 7.94. The number of Topliss-reactive ketones (excluding diaryl/α,β-unsaturated/α-hetero) is 1. The lowest BCUT2D eigenvalue weighted by atomic mass is 9.85. The molecule has 18 heavy (non-hydrogen) atoms. The molecule has 1 aliphatic rings. The molecule has 98 valence electrons. The highest BCUT2D eigenvalue weighted by molar-refractivity contribution is 7.91. The lowest BCUT2D eigenvalue weighted by molar-refractivity contribution is 0.0880. The van der Waals surface area contributed by atoms with E-state index in [1.165, 1.54) is 18.6 Å². The van der Waals surface area contributed by atoms with Crippen LogP contribution in [0.3, 0.4) is 0 Å². The van der Waals surface area contributed by atoms with Crippen LogP contribution < -0.4 is 0 Å². The largest absolute Gasteiger partial charge is 0.290 e. The molecule has 6 heteroatoms. The molecule has 0 N–H and O–H groups in total. The van der Waals surface area contributed by atoms with E-state index in [1.54, 1.807) is 6.07 Å². The number of sulfone groups is 1. The third-order valence-electron chi connectivity index (χ3n) is 3.39. The van der Waals surface area contributed by atoms with E-state index in [4.69, 9.17) is 0 Å². The zero-order valence-corrected chi connectivity index (χ0v) is 11.1. The van der Waals surface area contributed by atoms with Crippen molar-refractivity contribution in [3.8, 4) is 0 Å². The van der Waals surface area contributed by atoms with Gasteiger partial charge in [-0.3, -0.25) is 4.79 Å². The molecule has 1 fully saturated rings. The van der Waals surface area contributed by atoms with Crippen molar-refractivity contribution in [2.45, 2.75) is 30.9 Å². The van der Waals surface area contributed by atoms with Gasteiger partial charge in [-0.05, 0) is 25.3 Å². The summed E-state index contributed by atoms with van der Waals surface area (Å²) in [5, 5.41) is -0.399. The van der Waals surface area contributed by atoms with E-state index in [0.29, 0.717) is 12.8 Å². The minimum atomic E-state index is -3.07. The molecule has 2 rings (SSSR count). The van der Waals surface area contributed by atoms with Gasteiger partial charge in [0.25, 0.3) is 0 Å². The van der Waals surface area contributed by atoms with Gasteiger partial charge in [-0.1, -0.05) is 6.42 Å². The second-order valence-electron chi connectivity index (χ2n) is 4.75. The van der Waals surface area contributed by atoms with Crippen molar-refractivity contribution >= 4 is 15.6 Å². The highest BCUT2D eigenvalue weighted by atomic mass is 32.2. The molecule has 1 aromatic heterocycles. The Balaban J connectivity index is 2.13. The van der Waals surface area contributed by atoms with E-state index in [1.807, 2.05) is 0 Å². The molecule has 2 atom stereocenters. The Morgan fingerprint density at radius 2 is 1.94 bits per heavy atom. The summed E-state index contributed by atoms with van der Waals surface area (Å²) >= 11 is 0. The van der Waals surface area contributed by atoms with Crippen LogP contribution in [0.1, 0.15) is 36.3 Å². The summed E-state index contributed by atoms with van der Waals surface area (Å²) in [6.07, 6.45) is 6.83. The molecule has 0 amide bonds. The van der Waals surface area contributed by atoms with Crippen LogP contribution in [0.15, 0.2) is 18.5 Å². The molecule has 1 saturated carbocycles. The van der Waals surface area contributed by atoms with Crippen LogP contribution in [-0.4, -0.2) is 35.7 Å². The topological polar surface area (TPSA) is 77.0 Å². The van der Waals surface area contributed by atoms with E-state index in [-0.39, 0.29) is 17.5 Å². The summed E-state index contributed by atoms with van der Waals surface area (Å²) in [5.74, 6) is -0.207. The Kier molecular flexibility index (Phi) is 3.75.